The van der Waals surface area contributed by atoms with Crippen molar-refractivity contribution in [3.05, 3.63) is 98.3 Å². The van der Waals surface area contributed by atoms with E-state index in [0.29, 0.717) is 47.7 Å². The lowest BCUT2D eigenvalue weighted by Gasteiger charge is -2.45. The second-order valence-electron chi connectivity index (χ2n) is 16.4. The SMILES string of the molecule is COc1cc(OCC(=O)OCCCc2c[c]ccc2[C@@H]2CN3CCC2CC3)c(Cl)cc1CNC[C@H](O[Si](C)(C)C(C)(C)C)c1ccc(O)c2[nH]c(=O)ccc12. The van der Waals surface area contributed by atoms with Crippen LogP contribution in [0.25, 0.3) is 10.9 Å². The van der Waals surface area contributed by atoms with Crippen LogP contribution in [0.1, 0.15) is 74.3 Å². The number of H-pyrrole nitrogens is 1. The first-order valence-corrected chi connectivity index (χ1v) is 22.6. The van der Waals surface area contributed by atoms with E-state index in [1.54, 1.807) is 31.4 Å². The smallest absolute Gasteiger partial charge is 0.344 e. The standard InChI is InChI=1S/C43H55ClN3O7Si/c1-43(2,3)55(5,6)54-39(32-13-15-36(48)42-33(32)14-16-40(49)46-42)25-45-24-30-22-35(44)38(23-37(30)51-4)53-27-41(50)52-21-9-11-28-10-7-8-12-31(28)34-26-47-19-17-29(34)18-20-47/h8,10,12-16,22-23,29,34,39,45,48H,9,11,17-21,24-27H2,1-6H3,(H,46,49)/t34-,39+/m1/s1. The van der Waals surface area contributed by atoms with Crippen LogP contribution in [0.2, 0.25) is 23.2 Å². The van der Waals surface area contributed by atoms with E-state index in [1.165, 1.54) is 43.1 Å². The van der Waals surface area contributed by atoms with Crippen molar-refractivity contribution >= 4 is 36.8 Å². The molecule has 3 fully saturated rings. The van der Waals surface area contributed by atoms with Gasteiger partial charge in [0.1, 0.15) is 17.2 Å². The van der Waals surface area contributed by atoms with Gasteiger partial charge in [-0.3, -0.25) is 4.79 Å². The van der Waals surface area contributed by atoms with E-state index in [-0.39, 0.29) is 29.1 Å². The number of hydrogen-bond acceptors (Lipinski definition) is 9. The molecule has 55 heavy (non-hydrogen) atoms. The summed E-state index contributed by atoms with van der Waals surface area (Å²) in [4.78, 5) is 30.1. The quantitative estimate of drug-likeness (QED) is 0.0591. The minimum atomic E-state index is -2.26. The first-order valence-electron chi connectivity index (χ1n) is 19.3. The molecular formula is C43H55ClN3O7Si. The number of aromatic amines is 1. The van der Waals surface area contributed by atoms with Gasteiger partial charge in [0, 0.05) is 42.7 Å². The highest BCUT2D eigenvalue weighted by Gasteiger charge is 2.40. The summed E-state index contributed by atoms with van der Waals surface area (Å²) in [7, 11) is -0.687. The summed E-state index contributed by atoms with van der Waals surface area (Å²) in [5, 5.41) is 15.0. The van der Waals surface area contributed by atoms with E-state index in [9.17, 15) is 14.7 Å². The highest BCUT2D eigenvalue weighted by atomic mass is 35.5. The molecule has 3 saturated heterocycles. The number of methoxy groups -OCH3 is 1. The predicted molar refractivity (Wildman–Crippen MR) is 219 cm³/mol. The van der Waals surface area contributed by atoms with Gasteiger partial charge in [-0.05, 0) is 110 Å². The zero-order valence-electron chi connectivity index (χ0n) is 32.9. The fourth-order valence-electron chi connectivity index (χ4n) is 7.64. The van der Waals surface area contributed by atoms with Crippen molar-refractivity contribution in [1.82, 2.24) is 15.2 Å². The van der Waals surface area contributed by atoms with E-state index in [2.05, 4.69) is 67.3 Å². The van der Waals surface area contributed by atoms with Crippen LogP contribution in [0, 0.1) is 12.0 Å². The number of piperidine rings is 3. The number of nitrogens with zero attached hydrogens (tertiary/aromatic N) is 1. The molecule has 10 nitrogen and oxygen atoms in total. The van der Waals surface area contributed by atoms with Crippen LogP contribution < -0.4 is 20.3 Å². The van der Waals surface area contributed by atoms with Crippen LogP contribution >= 0.6 is 11.6 Å². The number of nitrogens with one attached hydrogen (secondary N) is 2. The number of phenolic OH excluding ortho intramolecular Hbond substituents is 1. The van der Waals surface area contributed by atoms with Gasteiger partial charge in [0.25, 0.3) is 0 Å². The van der Waals surface area contributed by atoms with Crippen molar-refractivity contribution in [3.8, 4) is 17.2 Å². The van der Waals surface area contributed by atoms with E-state index >= 15 is 0 Å². The molecule has 3 aromatic carbocycles. The van der Waals surface area contributed by atoms with Crippen LogP contribution in [0.15, 0.2) is 59.4 Å². The molecule has 2 bridgehead atoms. The molecule has 0 amide bonds. The van der Waals surface area contributed by atoms with Crippen molar-refractivity contribution in [1.29, 1.82) is 0 Å². The number of carbonyl (C=O) groups excluding carboxylic acids is 1. The molecule has 1 radical (unpaired) electrons. The molecule has 4 aromatic rings. The summed E-state index contributed by atoms with van der Waals surface area (Å²) in [6.07, 6.45) is 3.71. The topological polar surface area (TPSA) is 122 Å². The van der Waals surface area contributed by atoms with Gasteiger partial charge < -0.3 is 38.9 Å². The summed E-state index contributed by atoms with van der Waals surface area (Å²) >= 11 is 6.67. The molecule has 1 aromatic heterocycles. The van der Waals surface area contributed by atoms with Crippen LogP contribution in [-0.2, 0) is 26.9 Å². The van der Waals surface area contributed by atoms with Gasteiger partial charge in [-0.1, -0.05) is 56.6 Å². The van der Waals surface area contributed by atoms with Gasteiger partial charge in [0.15, 0.2) is 14.9 Å². The Morgan fingerprint density at radius 3 is 2.60 bits per heavy atom. The average Bonchev–Trinajstić information content (AvgIpc) is 3.16. The molecule has 4 heterocycles. The van der Waals surface area contributed by atoms with Gasteiger partial charge in [-0.15, -0.1) is 0 Å². The number of esters is 1. The van der Waals surface area contributed by atoms with Crippen LogP contribution in [-0.4, -0.2) is 75.8 Å². The maximum absolute atomic E-state index is 12.7. The number of carbonyl (C=O) groups is 1. The second-order valence-corrected chi connectivity index (χ2v) is 21.5. The summed E-state index contributed by atoms with van der Waals surface area (Å²) < 4.78 is 24.0. The fraction of sp³-hybridized carbons (Fsp3) is 0.488. The van der Waals surface area contributed by atoms with Crippen molar-refractivity contribution in [2.24, 2.45) is 5.92 Å². The molecule has 3 aliphatic rings. The summed E-state index contributed by atoms with van der Waals surface area (Å²) in [6.45, 7) is 15.4. The predicted octanol–water partition coefficient (Wildman–Crippen LogP) is 7.91. The fourth-order valence-corrected chi connectivity index (χ4v) is 9.16. The Morgan fingerprint density at radius 1 is 1.11 bits per heavy atom. The number of ether oxygens (including phenoxy) is 3. The molecule has 3 N–H and O–H groups in total. The van der Waals surface area contributed by atoms with Gasteiger partial charge in [0.05, 0.1) is 30.4 Å². The lowest BCUT2D eigenvalue weighted by Crippen LogP contribution is -2.46. The van der Waals surface area contributed by atoms with Crippen LogP contribution in [0.5, 0.6) is 17.2 Å². The Kier molecular flexibility index (Phi) is 13.0. The number of halogens is 1. The average molecular weight is 789 g/mol. The Balaban J connectivity index is 1.04. The summed E-state index contributed by atoms with van der Waals surface area (Å²) in [5.41, 5.74) is 4.46. The molecule has 0 spiro atoms. The van der Waals surface area contributed by atoms with Crippen molar-refractivity contribution in [2.45, 2.75) is 83.2 Å². The number of fused-ring (bicyclic) bond motifs is 4. The highest BCUT2D eigenvalue weighted by molar-refractivity contribution is 6.74. The third kappa shape index (κ3) is 9.75. The highest BCUT2D eigenvalue weighted by Crippen LogP contribution is 2.42. The molecule has 7 rings (SSSR count). The normalized spacial score (nSPS) is 19.0. The van der Waals surface area contributed by atoms with Gasteiger partial charge in [-0.2, -0.15) is 0 Å². The second kappa shape index (κ2) is 17.5. The lowest BCUT2D eigenvalue weighted by atomic mass is 9.74. The molecule has 12 heteroatoms. The summed E-state index contributed by atoms with van der Waals surface area (Å²) in [6, 6.07) is 19.6. The third-order valence-corrected chi connectivity index (χ3v) is 16.5. The van der Waals surface area contributed by atoms with E-state index in [1.807, 2.05) is 12.1 Å². The maximum atomic E-state index is 12.7. The number of rotatable bonds is 16. The number of benzene rings is 3. The minimum Gasteiger partial charge on any atom is -0.506 e. The number of hydrogen-bond donors (Lipinski definition) is 3. The number of aromatic hydroxyl groups is 1. The van der Waals surface area contributed by atoms with Crippen molar-refractivity contribution in [3.63, 3.8) is 0 Å². The van der Waals surface area contributed by atoms with Crippen LogP contribution in [0.4, 0.5) is 0 Å². The minimum absolute atomic E-state index is 0.000495. The van der Waals surface area contributed by atoms with Gasteiger partial charge in [0.2, 0.25) is 5.56 Å². The lowest BCUT2D eigenvalue weighted by molar-refractivity contribution is -0.146. The molecule has 3 aliphatic heterocycles. The van der Waals surface area contributed by atoms with Gasteiger partial charge in [-0.25, -0.2) is 4.79 Å². The van der Waals surface area contributed by atoms with Crippen LogP contribution in [0.3, 0.4) is 0 Å². The largest absolute Gasteiger partial charge is 0.506 e. The number of pyridine rings is 1. The third-order valence-electron chi connectivity index (χ3n) is 11.7. The van der Waals surface area contributed by atoms with E-state index < -0.39 is 14.3 Å². The zero-order valence-corrected chi connectivity index (χ0v) is 34.7. The molecular weight excluding hydrogens is 734 g/mol. The maximum Gasteiger partial charge on any atom is 0.344 e. The van der Waals surface area contributed by atoms with Crippen molar-refractivity contribution < 1.29 is 28.5 Å². The Labute approximate surface area is 330 Å². The zero-order chi connectivity index (χ0) is 39.3. The molecule has 0 saturated carbocycles. The number of aryl methyl sites for hydroxylation is 1. The monoisotopic (exact) mass is 788 g/mol. The molecule has 2 atom stereocenters. The van der Waals surface area contributed by atoms with Gasteiger partial charge >= 0.3 is 5.97 Å². The number of phenols is 1. The molecule has 0 unspecified atom stereocenters. The Bertz CT molecular complexity index is 2020. The molecule has 0 aliphatic carbocycles. The van der Waals surface area contributed by atoms with E-state index in [0.717, 1.165) is 41.8 Å². The first-order chi connectivity index (χ1) is 26.2. The van der Waals surface area contributed by atoms with Crippen molar-refractivity contribution in [2.75, 3.05) is 46.5 Å². The first kappa shape index (κ1) is 40.8. The Hall–Kier alpha value is -3.87. The van der Waals surface area contributed by atoms with E-state index in [4.69, 9.17) is 30.2 Å². The molecule has 295 valence electrons. The Morgan fingerprint density at radius 2 is 1.89 bits per heavy atom. The summed E-state index contributed by atoms with van der Waals surface area (Å²) in [5.74, 6) is 1.74. The number of aromatic nitrogens is 1.